The SMILES string of the molecule is NC(=S)c1ccccc1OCC1Cc2cc(F)ccc2O1. The monoisotopic (exact) mass is 303 g/mol. The summed E-state index contributed by atoms with van der Waals surface area (Å²) in [6.07, 6.45) is 0.490. The van der Waals surface area contributed by atoms with Crippen molar-refractivity contribution in [1.82, 2.24) is 0 Å². The van der Waals surface area contributed by atoms with Gasteiger partial charge in [0.2, 0.25) is 0 Å². The minimum absolute atomic E-state index is 0.138. The topological polar surface area (TPSA) is 44.5 Å². The highest BCUT2D eigenvalue weighted by molar-refractivity contribution is 7.80. The number of nitrogens with two attached hydrogens (primary N) is 1. The summed E-state index contributed by atoms with van der Waals surface area (Å²) < 4.78 is 24.7. The predicted octanol–water partition coefficient (Wildman–Crippen LogP) is 2.84. The van der Waals surface area contributed by atoms with Crippen molar-refractivity contribution in [2.24, 2.45) is 5.73 Å². The van der Waals surface area contributed by atoms with Crippen LogP contribution in [0.3, 0.4) is 0 Å². The van der Waals surface area contributed by atoms with Gasteiger partial charge in [0.15, 0.2) is 0 Å². The molecule has 1 unspecified atom stereocenters. The van der Waals surface area contributed by atoms with Crippen molar-refractivity contribution in [2.45, 2.75) is 12.5 Å². The number of halogens is 1. The van der Waals surface area contributed by atoms with Gasteiger partial charge in [-0.2, -0.15) is 0 Å². The van der Waals surface area contributed by atoms with Crippen LogP contribution in [0.25, 0.3) is 0 Å². The summed E-state index contributed by atoms with van der Waals surface area (Å²) in [6.45, 7) is 0.357. The first-order valence-corrected chi connectivity index (χ1v) is 7.01. The van der Waals surface area contributed by atoms with Gasteiger partial charge in [0.25, 0.3) is 0 Å². The van der Waals surface area contributed by atoms with Gasteiger partial charge in [-0.25, -0.2) is 4.39 Å². The van der Waals surface area contributed by atoms with Crippen LogP contribution < -0.4 is 15.2 Å². The van der Waals surface area contributed by atoms with Crippen molar-refractivity contribution < 1.29 is 13.9 Å². The molecule has 0 saturated heterocycles. The predicted molar refractivity (Wildman–Crippen MR) is 82.3 cm³/mol. The molecule has 0 amide bonds. The number of hydrogen-bond acceptors (Lipinski definition) is 3. The molecule has 5 heteroatoms. The Morgan fingerprint density at radius 1 is 1.33 bits per heavy atom. The van der Waals surface area contributed by atoms with E-state index in [-0.39, 0.29) is 11.9 Å². The van der Waals surface area contributed by atoms with Crippen molar-refractivity contribution in [1.29, 1.82) is 0 Å². The zero-order valence-corrected chi connectivity index (χ0v) is 12.0. The quantitative estimate of drug-likeness (QED) is 0.882. The van der Waals surface area contributed by atoms with Gasteiger partial charge >= 0.3 is 0 Å². The van der Waals surface area contributed by atoms with Gasteiger partial charge in [-0.05, 0) is 30.3 Å². The van der Waals surface area contributed by atoms with Crippen LogP contribution >= 0.6 is 12.2 Å². The molecule has 1 aliphatic rings. The van der Waals surface area contributed by atoms with E-state index in [1.807, 2.05) is 24.3 Å². The smallest absolute Gasteiger partial charge is 0.137 e. The van der Waals surface area contributed by atoms with E-state index in [1.54, 1.807) is 6.07 Å². The van der Waals surface area contributed by atoms with Crippen LogP contribution in [0.15, 0.2) is 42.5 Å². The Labute approximate surface area is 127 Å². The third-order valence-corrected chi connectivity index (χ3v) is 3.56. The number of thiocarbonyl (C=S) groups is 1. The van der Waals surface area contributed by atoms with Crippen molar-refractivity contribution in [3.63, 3.8) is 0 Å². The fourth-order valence-corrected chi connectivity index (χ4v) is 2.53. The largest absolute Gasteiger partial charge is 0.489 e. The Kier molecular flexibility index (Phi) is 3.75. The summed E-state index contributed by atoms with van der Waals surface area (Å²) in [7, 11) is 0. The summed E-state index contributed by atoms with van der Waals surface area (Å²) >= 11 is 4.99. The molecule has 1 heterocycles. The summed E-state index contributed by atoms with van der Waals surface area (Å²) in [6, 6.07) is 11.9. The third-order valence-electron chi connectivity index (χ3n) is 3.34. The lowest BCUT2D eigenvalue weighted by molar-refractivity contribution is 0.148. The van der Waals surface area contributed by atoms with E-state index in [0.29, 0.717) is 35.1 Å². The maximum absolute atomic E-state index is 13.2. The molecule has 0 aliphatic carbocycles. The van der Waals surface area contributed by atoms with Gasteiger partial charge in [0.05, 0.1) is 5.56 Å². The molecule has 0 aromatic heterocycles. The van der Waals surface area contributed by atoms with Gasteiger partial charge < -0.3 is 15.2 Å². The molecular formula is C16H14FNO2S. The van der Waals surface area contributed by atoms with Crippen LogP contribution in [0.2, 0.25) is 0 Å². The van der Waals surface area contributed by atoms with E-state index < -0.39 is 0 Å². The molecule has 1 aliphatic heterocycles. The van der Waals surface area contributed by atoms with Gasteiger partial charge in [0.1, 0.15) is 35.0 Å². The van der Waals surface area contributed by atoms with Crippen LogP contribution in [0, 0.1) is 5.82 Å². The molecule has 1 atom stereocenters. The average molecular weight is 303 g/mol. The second-order valence-electron chi connectivity index (χ2n) is 4.87. The molecule has 0 bridgehead atoms. The summed E-state index contributed by atoms with van der Waals surface area (Å²) in [5.41, 5.74) is 7.23. The molecule has 3 rings (SSSR count). The Bertz CT molecular complexity index is 690. The summed E-state index contributed by atoms with van der Waals surface area (Å²) in [4.78, 5) is 0.295. The van der Waals surface area contributed by atoms with E-state index in [0.717, 1.165) is 5.56 Å². The summed E-state index contributed by atoms with van der Waals surface area (Å²) in [5.74, 6) is 1.10. The first-order chi connectivity index (χ1) is 10.1. The van der Waals surface area contributed by atoms with Crippen molar-refractivity contribution in [3.05, 3.63) is 59.4 Å². The number of fused-ring (bicyclic) bond motifs is 1. The lowest BCUT2D eigenvalue weighted by atomic mass is 10.1. The number of benzene rings is 2. The fourth-order valence-electron chi connectivity index (χ4n) is 2.36. The van der Waals surface area contributed by atoms with Crippen LogP contribution in [-0.4, -0.2) is 17.7 Å². The van der Waals surface area contributed by atoms with E-state index in [2.05, 4.69) is 0 Å². The minimum atomic E-state index is -0.252. The van der Waals surface area contributed by atoms with E-state index >= 15 is 0 Å². The van der Waals surface area contributed by atoms with Gasteiger partial charge in [0, 0.05) is 12.0 Å². The lowest BCUT2D eigenvalue weighted by Crippen LogP contribution is -2.23. The number of para-hydroxylation sites is 1. The number of ether oxygens (including phenoxy) is 2. The van der Waals surface area contributed by atoms with Crippen LogP contribution in [0.1, 0.15) is 11.1 Å². The Hall–Kier alpha value is -2.14. The summed E-state index contributed by atoms with van der Waals surface area (Å²) in [5, 5.41) is 0. The van der Waals surface area contributed by atoms with E-state index in [4.69, 9.17) is 27.4 Å². The average Bonchev–Trinajstić information content (AvgIpc) is 2.87. The Balaban J connectivity index is 1.67. The van der Waals surface area contributed by atoms with Crippen LogP contribution in [0.4, 0.5) is 4.39 Å². The maximum atomic E-state index is 13.2. The van der Waals surface area contributed by atoms with Gasteiger partial charge in [-0.3, -0.25) is 0 Å². The van der Waals surface area contributed by atoms with Crippen molar-refractivity contribution in [3.8, 4) is 11.5 Å². The fraction of sp³-hybridized carbons (Fsp3) is 0.188. The highest BCUT2D eigenvalue weighted by atomic mass is 32.1. The zero-order chi connectivity index (χ0) is 14.8. The Morgan fingerprint density at radius 3 is 2.95 bits per heavy atom. The molecule has 3 nitrogen and oxygen atoms in total. The molecule has 0 radical (unpaired) electrons. The maximum Gasteiger partial charge on any atom is 0.137 e. The molecule has 2 aromatic rings. The van der Waals surface area contributed by atoms with Crippen molar-refractivity contribution in [2.75, 3.05) is 6.61 Å². The standard InChI is InChI=1S/C16H14FNO2S/c17-11-5-6-14-10(7-11)8-12(20-14)9-19-15-4-2-1-3-13(15)16(18)21/h1-7,12H,8-9H2,(H2,18,21). The first kappa shape index (κ1) is 13.8. The van der Waals surface area contributed by atoms with Gasteiger partial charge in [-0.15, -0.1) is 0 Å². The minimum Gasteiger partial charge on any atom is -0.489 e. The Morgan fingerprint density at radius 2 is 2.14 bits per heavy atom. The molecule has 2 aromatic carbocycles. The molecule has 2 N–H and O–H groups in total. The molecule has 0 fully saturated rings. The molecular weight excluding hydrogens is 289 g/mol. The number of rotatable bonds is 4. The first-order valence-electron chi connectivity index (χ1n) is 6.60. The highest BCUT2D eigenvalue weighted by Crippen LogP contribution is 2.29. The number of hydrogen-bond donors (Lipinski definition) is 1. The van der Waals surface area contributed by atoms with E-state index in [9.17, 15) is 4.39 Å². The van der Waals surface area contributed by atoms with Crippen LogP contribution in [-0.2, 0) is 6.42 Å². The normalized spacial score (nSPS) is 16.1. The van der Waals surface area contributed by atoms with Gasteiger partial charge in [-0.1, -0.05) is 24.4 Å². The molecule has 108 valence electrons. The second-order valence-corrected chi connectivity index (χ2v) is 5.31. The molecule has 0 saturated carbocycles. The highest BCUT2D eigenvalue weighted by Gasteiger charge is 2.24. The second kappa shape index (κ2) is 5.69. The van der Waals surface area contributed by atoms with Crippen LogP contribution in [0.5, 0.6) is 11.5 Å². The van der Waals surface area contributed by atoms with Crippen molar-refractivity contribution >= 4 is 17.2 Å². The lowest BCUT2D eigenvalue weighted by Gasteiger charge is -2.14. The zero-order valence-electron chi connectivity index (χ0n) is 11.2. The molecule has 0 spiro atoms. The molecule has 21 heavy (non-hydrogen) atoms. The third kappa shape index (κ3) is 2.97. The van der Waals surface area contributed by atoms with E-state index in [1.165, 1.54) is 12.1 Å².